The number of aromatic amines is 1. The number of carbonyl (C=O) groups is 1. The molecule has 1 aromatic carbocycles. The van der Waals surface area contributed by atoms with Gasteiger partial charge in [0.15, 0.2) is 11.6 Å². The lowest BCUT2D eigenvalue weighted by molar-refractivity contribution is 0.102. The number of nitrogens with zero attached hydrogens (tertiary/aromatic N) is 1. The number of nitrogen functional groups attached to an aromatic ring is 1. The standard InChI is InChI=1S/C15H13FN4O2/c1-8-2-5-13(22-8)12-7-14(20-19-12)18-15(21)10-6-9(16)3-4-11(10)17/h2-7H,17H2,1H3,(H2,18,19,20,21). The van der Waals surface area contributed by atoms with Crippen LogP contribution in [0, 0.1) is 12.7 Å². The second-order valence-corrected chi connectivity index (χ2v) is 4.76. The summed E-state index contributed by atoms with van der Waals surface area (Å²) in [5, 5.41) is 9.28. The van der Waals surface area contributed by atoms with Gasteiger partial charge in [0.1, 0.15) is 17.3 Å². The molecule has 3 aromatic rings. The number of halogens is 1. The molecule has 0 aliphatic carbocycles. The summed E-state index contributed by atoms with van der Waals surface area (Å²) in [5.74, 6) is 0.593. The number of amides is 1. The molecular weight excluding hydrogens is 287 g/mol. The predicted molar refractivity (Wildman–Crippen MR) is 79.8 cm³/mol. The van der Waals surface area contributed by atoms with E-state index in [9.17, 15) is 9.18 Å². The van der Waals surface area contributed by atoms with Crippen LogP contribution >= 0.6 is 0 Å². The molecular formula is C15H13FN4O2. The summed E-state index contributed by atoms with van der Waals surface area (Å²) in [5.41, 5.74) is 6.54. The van der Waals surface area contributed by atoms with E-state index in [0.717, 1.165) is 11.8 Å². The van der Waals surface area contributed by atoms with Crippen LogP contribution in [0.25, 0.3) is 11.5 Å². The molecule has 6 nitrogen and oxygen atoms in total. The summed E-state index contributed by atoms with van der Waals surface area (Å²) < 4.78 is 18.7. The summed E-state index contributed by atoms with van der Waals surface area (Å²) in [6.45, 7) is 1.83. The maximum atomic E-state index is 13.2. The fourth-order valence-corrected chi connectivity index (χ4v) is 2.00. The van der Waals surface area contributed by atoms with E-state index < -0.39 is 11.7 Å². The third-order valence-corrected chi connectivity index (χ3v) is 3.09. The molecule has 0 spiro atoms. The molecule has 0 aliphatic heterocycles. The minimum atomic E-state index is -0.536. The Bertz CT molecular complexity index is 838. The molecule has 2 aromatic heterocycles. The summed E-state index contributed by atoms with van der Waals surface area (Å²) in [7, 11) is 0. The monoisotopic (exact) mass is 300 g/mol. The van der Waals surface area contributed by atoms with Gasteiger partial charge in [0.2, 0.25) is 0 Å². The number of aryl methyl sites for hydroxylation is 1. The second kappa shape index (κ2) is 5.36. The third-order valence-electron chi connectivity index (χ3n) is 3.09. The first kappa shape index (κ1) is 13.9. The Morgan fingerprint density at radius 1 is 1.32 bits per heavy atom. The van der Waals surface area contributed by atoms with Gasteiger partial charge in [-0.2, -0.15) is 5.10 Å². The van der Waals surface area contributed by atoms with E-state index in [1.807, 2.05) is 13.0 Å². The van der Waals surface area contributed by atoms with Crippen molar-refractivity contribution in [1.29, 1.82) is 0 Å². The summed E-state index contributed by atoms with van der Waals surface area (Å²) in [6.07, 6.45) is 0. The number of rotatable bonds is 3. The molecule has 0 fully saturated rings. The Morgan fingerprint density at radius 3 is 2.86 bits per heavy atom. The van der Waals surface area contributed by atoms with Gasteiger partial charge in [-0.1, -0.05) is 0 Å². The van der Waals surface area contributed by atoms with Crippen molar-refractivity contribution in [2.75, 3.05) is 11.1 Å². The van der Waals surface area contributed by atoms with Crippen LogP contribution in [0.3, 0.4) is 0 Å². The molecule has 0 radical (unpaired) electrons. The first-order valence-corrected chi connectivity index (χ1v) is 6.51. The maximum absolute atomic E-state index is 13.2. The zero-order chi connectivity index (χ0) is 15.7. The Balaban J connectivity index is 1.80. The number of carbonyl (C=O) groups excluding carboxylic acids is 1. The molecule has 22 heavy (non-hydrogen) atoms. The van der Waals surface area contributed by atoms with Gasteiger partial charge >= 0.3 is 0 Å². The topological polar surface area (TPSA) is 96.9 Å². The Kier molecular flexibility index (Phi) is 3.38. The molecule has 3 rings (SSSR count). The quantitative estimate of drug-likeness (QED) is 0.648. The van der Waals surface area contributed by atoms with Gasteiger partial charge in [0, 0.05) is 11.8 Å². The third kappa shape index (κ3) is 2.69. The average molecular weight is 300 g/mol. The number of hydrogen-bond acceptors (Lipinski definition) is 4. The van der Waals surface area contributed by atoms with Crippen LogP contribution in [0.2, 0.25) is 0 Å². The second-order valence-electron chi connectivity index (χ2n) is 4.76. The van der Waals surface area contributed by atoms with Crippen molar-refractivity contribution in [2.45, 2.75) is 6.92 Å². The first-order chi connectivity index (χ1) is 10.5. The number of nitrogens with one attached hydrogen (secondary N) is 2. The smallest absolute Gasteiger partial charge is 0.259 e. The van der Waals surface area contributed by atoms with Crippen LogP contribution in [0.4, 0.5) is 15.9 Å². The molecule has 0 aliphatic rings. The minimum Gasteiger partial charge on any atom is -0.460 e. The van der Waals surface area contributed by atoms with Crippen LogP contribution in [0.5, 0.6) is 0 Å². The number of anilines is 2. The van der Waals surface area contributed by atoms with Crippen molar-refractivity contribution in [2.24, 2.45) is 0 Å². The fraction of sp³-hybridized carbons (Fsp3) is 0.0667. The lowest BCUT2D eigenvalue weighted by atomic mass is 10.1. The lowest BCUT2D eigenvalue weighted by Gasteiger charge is -2.05. The van der Waals surface area contributed by atoms with Gasteiger partial charge in [-0.05, 0) is 37.3 Å². The molecule has 7 heteroatoms. The minimum absolute atomic E-state index is 0.0541. The predicted octanol–water partition coefficient (Wildman–Crippen LogP) is 2.95. The number of aromatic nitrogens is 2. The molecule has 0 saturated heterocycles. The number of H-pyrrole nitrogens is 1. The van der Waals surface area contributed by atoms with Crippen LogP contribution in [0.1, 0.15) is 16.1 Å². The van der Waals surface area contributed by atoms with Gasteiger partial charge in [0.25, 0.3) is 5.91 Å². The van der Waals surface area contributed by atoms with Gasteiger partial charge in [-0.25, -0.2) is 4.39 Å². The molecule has 0 bridgehead atoms. The number of benzene rings is 1. The lowest BCUT2D eigenvalue weighted by Crippen LogP contribution is -2.14. The Hall–Kier alpha value is -3.09. The van der Waals surface area contributed by atoms with Crippen molar-refractivity contribution in [3.05, 3.63) is 53.5 Å². The van der Waals surface area contributed by atoms with Crippen molar-refractivity contribution in [3.63, 3.8) is 0 Å². The SMILES string of the molecule is Cc1ccc(-c2cc(NC(=O)c3cc(F)ccc3N)n[nH]2)o1. The van der Waals surface area contributed by atoms with Gasteiger partial charge in [-0.15, -0.1) is 0 Å². The van der Waals surface area contributed by atoms with Gasteiger partial charge in [-0.3, -0.25) is 9.89 Å². The zero-order valence-electron chi connectivity index (χ0n) is 11.7. The van der Waals surface area contributed by atoms with E-state index in [-0.39, 0.29) is 17.1 Å². The van der Waals surface area contributed by atoms with Crippen LogP contribution < -0.4 is 11.1 Å². The van der Waals surface area contributed by atoms with Crippen molar-refractivity contribution in [3.8, 4) is 11.5 Å². The summed E-state index contributed by atoms with van der Waals surface area (Å²) in [4.78, 5) is 12.1. The van der Waals surface area contributed by atoms with Gasteiger partial charge < -0.3 is 15.5 Å². The maximum Gasteiger partial charge on any atom is 0.259 e. The fourth-order valence-electron chi connectivity index (χ4n) is 2.00. The summed E-state index contributed by atoms with van der Waals surface area (Å²) >= 11 is 0. The van der Waals surface area contributed by atoms with E-state index in [1.165, 1.54) is 12.1 Å². The normalized spacial score (nSPS) is 10.6. The highest BCUT2D eigenvalue weighted by molar-refractivity contribution is 6.07. The number of furan rings is 1. The molecule has 112 valence electrons. The van der Waals surface area contributed by atoms with E-state index in [4.69, 9.17) is 10.2 Å². The molecule has 0 atom stereocenters. The summed E-state index contributed by atoms with van der Waals surface area (Å²) in [6, 6.07) is 8.84. The van der Waals surface area contributed by atoms with E-state index in [1.54, 1.807) is 12.1 Å². The highest BCUT2D eigenvalue weighted by Gasteiger charge is 2.14. The number of nitrogens with two attached hydrogens (primary N) is 1. The van der Waals surface area contributed by atoms with Crippen LogP contribution in [-0.2, 0) is 0 Å². The molecule has 1 amide bonds. The molecule has 0 unspecified atom stereocenters. The zero-order valence-corrected chi connectivity index (χ0v) is 11.7. The van der Waals surface area contributed by atoms with Crippen molar-refractivity contribution in [1.82, 2.24) is 10.2 Å². The van der Waals surface area contributed by atoms with Gasteiger partial charge in [0.05, 0.1) is 5.56 Å². The highest BCUT2D eigenvalue weighted by Crippen LogP contribution is 2.22. The Labute approximate surface area is 125 Å². The van der Waals surface area contributed by atoms with Crippen molar-refractivity contribution < 1.29 is 13.6 Å². The van der Waals surface area contributed by atoms with Crippen LogP contribution in [-0.4, -0.2) is 16.1 Å². The molecule has 0 saturated carbocycles. The Morgan fingerprint density at radius 2 is 2.14 bits per heavy atom. The largest absolute Gasteiger partial charge is 0.460 e. The van der Waals surface area contributed by atoms with E-state index in [0.29, 0.717) is 11.5 Å². The molecule has 4 N–H and O–H groups in total. The number of hydrogen-bond donors (Lipinski definition) is 3. The van der Waals surface area contributed by atoms with Crippen molar-refractivity contribution >= 4 is 17.4 Å². The van der Waals surface area contributed by atoms with E-state index >= 15 is 0 Å². The highest BCUT2D eigenvalue weighted by atomic mass is 19.1. The average Bonchev–Trinajstić information content (AvgIpc) is 3.10. The van der Waals surface area contributed by atoms with E-state index in [2.05, 4.69) is 15.5 Å². The first-order valence-electron chi connectivity index (χ1n) is 6.51. The molecule has 2 heterocycles. The van der Waals surface area contributed by atoms with Crippen LogP contribution in [0.15, 0.2) is 40.8 Å².